The van der Waals surface area contributed by atoms with Crippen LogP contribution >= 0.6 is 7.92 Å². The number of likely N-dealkylation sites (N-methyl/N-ethyl adjacent to an activating group) is 1. The first-order valence-corrected chi connectivity index (χ1v) is 33.5. The third-order valence-corrected chi connectivity index (χ3v) is 28.2. The molecular formula is C44H72NPSi4. The van der Waals surface area contributed by atoms with Gasteiger partial charge in [0.05, 0.1) is 24.2 Å². The molecule has 0 aromatic heterocycles. The largest absolute Gasteiger partial charge is 0.302 e. The molecule has 0 amide bonds. The molecule has 0 bridgehead atoms. The molecule has 1 aliphatic carbocycles. The van der Waals surface area contributed by atoms with Crippen molar-refractivity contribution < 1.29 is 0 Å². The summed E-state index contributed by atoms with van der Waals surface area (Å²) in [4.78, 5) is 2.84. The minimum atomic E-state index is -1.61. The molecule has 1 nitrogen and oxygen atoms in total. The van der Waals surface area contributed by atoms with Crippen LogP contribution in [0.3, 0.4) is 0 Å². The summed E-state index contributed by atoms with van der Waals surface area (Å²) in [6.07, 6.45) is 18.2. The van der Waals surface area contributed by atoms with Crippen LogP contribution in [0.5, 0.6) is 0 Å². The quantitative estimate of drug-likeness (QED) is 0.0554. The lowest BCUT2D eigenvalue weighted by Crippen LogP contribution is -2.49. The second-order valence-electron chi connectivity index (χ2n) is 17.1. The van der Waals surface area contributed by atoms with E-state index in [1.807, 2.05) is 0 Å². The topological polar surface area (TPSA) is 3.24 Å². The fourth-order valence-corrected chi connectivity index (χ4v) is 23.4. The Hall–Kier alpha value is -1.60. The third kappa shape index (κ3) is 13.7. The van der Waals surface area contributed by atoms with E-state index < -0.39 is 40.9 Å². The number of nitrogens with zero attached hydrogens (tertiary/aromatic N) is 1. The number of hydrogen-bond donors (Lipinski definition) is 0. The molecule has 0 fully saturated rings. The Morgan fingerprint density at radius 2 is 1.26 bits per heavy atom. The van der Waals surface area contributed by atoms with Gasteiger partial charge < -0.3 is 4.90 Å². The molecule has 0 radical (unpaired) electrons. The van der Waals surface area contributed by atoms with E-state index in [-0.39, 0.29) is 0 Å². The highest BCUT2D eigenvalue weighted by atomic mass is 31.1. The van der Waals surface area contributed by atoms with Crippen molar-refractivity contribution in [3.05, 3.63) is 122 Å². The van der Waals surface area contributed by atoms with Crippen LogP contribution in [0.4, 0.5) is 0 Å². The standard InChI is InChI=1S/C44H72NPSi4/c1-11-30-47(6)31-21-36-50(37-22-34-48(7,8)32-12-2,38-23-35-49(9,10)33-13-3)39-45(5)40(4)43-28-20-29-44(43)46(41-24-16-14-17-25-41)42-26-18-15-19-27-42/h11-20,24-28,40,47H,1-3,21-23,29-39H2,4-10H3/t40-,47?/m0/s1. The molecule has 0 spiro atoms. The molecule has 6 heteroatoms. The summed E-state index contributed by atoms with van der Waals surface area (Å²) in [5.41, 5.74) is 1.58. The van der Waals surface area contributed by atoms with Crippen molar-refractivity contribution in [3.63, 3.8) is 0 Å². The Kier molecular flexibility index (Phi) is 18.1. The van der Waals surface area contributed by atoms with Crippen LogP contribution in [0.25, 0.3) is 0 Å². The molecule has 2 aromatic rings. The smallest absolute Gasteiger partial charge is 0.0690 e. The van der Waals surface area contributed by atoms with Gasteiger partial charge >= 0.3 is 0 Å². The van der Waals surface area contributed by atoms with E-state index in [0.29, 0.717) is 6.04 Å². The summed E-state index contributed by atoms with van der Waals surface area (Å²) >= 11 is 0. The monoisotopic (exact) mass is 757 g/mol. The molecule has 0 saturated carbocycles. The summed E-state index contributed by atoms with van der Waals surface area (Å²) in [5, 5.41) is 4.60. The Balaban J connectivity index is 1.97. The fraction of sp³-hybridized carbons (Fsp3) is 0.500. The first kappa shape index (κ1) is 42.8. The van der Waals surface area contributed by atoms with Gasteiger partial charge in [-0.1, -0.05) is 179 Å². The molecule has 274 valence electrons. The molecule has 1 unspecified atom stereocenters. The minimum absolute atomic E-state index is 0.417. The van der Waals surface area contributed by atoms with Crippen LogP contribution in [-0.4, -0.2) is 57.2 Å². The second kappa shape index (κ2) is 21.2. The average molecular weight is 758 g/mol. The number of hydrogen-bond acceptors (Lipinski definition) is 1. The zero-order valence-corrected chi connectivity index (χ0v) is 38.3. The summed E-state index contributed by atoms with van der Waals surface area (Å²) < 4.78 is 0. The third-order valence-electron chi connectivity index (χ3n) is 11.4. The van der Waals surface area contributed by atoms with E-state index in [1.165, 1.54) is 90.4 Å². The van der Waals surface area contributed by atoms with E-state index in [4.69, 9.17) is 0 Å². The van der Waals surface area contributed by atoms with Gasteiger partial charge in [0.15, 0.2) is 0 Å². The van der Waals surface area contributed by atoms with Crippen molar-refractivity contribution in [1.29, 1.82) is 0 Å². The summed E-state index contributed by atoms with van der Waals surface area (Å²) in [5.74, 6) is 0. The molecule has 2 atom stereocenters. The molecule has 0 N–H and O–H groups in total. The van der Waals surface area contributed by atoms with Crippen molar-refractivity contribution in [2.24, 2.45) is 0 Å². The van der Waals surface area contributed by atoms with E-state index in [2.05, 4.69) is 162 Å². The van der Waals surface area contributed by atoms with Crippen LogP contribution in [0, 0.1) is 0 Å². The summed E-state index contributed by atoms with van der Waals surface area (Å²) in [6.45, 7) is 27.8. The fourth-order valence-electron chi connectivity index (χ4n) is 8.34. The molecule has 50 heavy (non-hydrogen) atoms. The van der Waals surface area contributed by atoms with Crippen molar-refractivity contribution in [2.45, 2.75) is 126 Å². The highest BCUT2D eigenvalue weighted by Gasteiger charge is 2.37. The summed E-state index contributed by atoms with van der Waals surface area (Å²) in [6, 6.07) is 35.7. The van der Waals surface area contributed by atoms with Gasteiger partial charge in [-0.05, 0) is 74.1 Å². The predicted octanol–water partition coefficient (Wildman–Crippen LogP) is 12.6. The maximum atomic E-state index is 4.13. The molecule has 1 aliphatic rings. The Morgan fingerprint density at radius 1 is 0.760 bits per heavy atom. The SMILES string of the molecule is C=CC[SiH](C)CCC[Si](CCC[Si](C)(C)CC=C)(CCC[Si](C)(C)CC=C)CN(C)[C@@H](C)C1=C(P(c2ccccc2)c2ccccc2)CC=C1. The zero-order chi connectivity index (χ0) is 36.6. The van der Waals surface area contributed by atoms with Gasteiger partial charge in [-0.15, -0.1) is 19.7 Å². The molecule has 0 heterocycles. The number of benzene rings is 2. The zero-order valence-electron chi connectivity index (χ0n) is 33.2. The Bertz CT molecular complexity index is 1320. The molecular weight excluding hydrogens is 686 g/mol. The second-order valence-corrected chi connectivity index (χ2v) is 37.9. The molecule has 0 saturated heterocycles. The highest BCUT2D eigenvalue weighted by Crippen LogP contribution is 2.50. The predicted molar refractivity (Wildman–Crippen MR) is 243 cm³/mol. The van der Waals surface area contributed by atoms with Crippen molar-refractivity contribution in [2.75, 3.05) is 13.2 Å². The molecule has 0 aliphatic heterocycles. The maximum Gasteiger partial charge on any atom is 0.0690 e. The van der Waals surface area contributed by atoms with Crippen molar-refractivity contribution in [1.82, 2.24) is 4.90 Å². The highest BCUT2D eigenvalue weighted by molar-refractivity contribution is 7.76. The van der Waals surface area contributed by atoms with Crippen LogP contribution in [-0.2, 0) is 0 Å². The normalized spacial score (nSPS) is 15.1. The number of allylic oxidation sites excluding steroid dienone is 5. The lowest BCUT2D eigenvalue weighted by molar-refractivity contribution is 0.328. The van der Waals surface area contributed by atoms with Gasteiger partial charge in [-0.3, -0.25) is 0 Å². The van der Waals surface area contributed by atoms with Gasteiger partial charge in [0.25, 0.3) is 0 Å². The van der Waals surface area contributed by atoms with Crippen LogP contribution in [0.1, 0.15) is 32.6 Å². The number of rotatable bonds is 25. The van der Waals surface area contributed by atoms with Gasteiger partial charge in [0.1, 0.15) is 0 Å². The van der Waals surface area contributed by atoms with Gasteiger partial charge in [-0.25, -0.2) is 0 Å². The van der Waals surface area contributed by atoms with Gasteiger partial charge in [0, 0.05) is 14.8 Å². The van der Waals surface area contributed by atoms with Crippen LogP contribution in [0.15, 0.2) is 122 Å². The van der Waals surface area contributed by atoms with Crippen LogP contribution < -0.4 is 10.6 Å². The van der Waals surface area contributed by atoms with E-state index in [9.17, 15) is 0 Å². The lowest BCUT2D eigenvalue weighted by atomic mass is 10.1. The Labute approximate surface area is 315 Å². The van der Waals surface area contributed by atoms with Crippen LogP contribution in [0.2, 0.25) is 87.1 Å². The summed E-state index contributed by atoms with van der Waals surface area (Å²) in [7, 11) is -2.87. The first-order valence-electron chi connectivity index (χ1n) is 19.7. The molecule has 3 rings (SSSR count). The van der Waals surface area contributed by atoms with Gasteiger partial charge in [-0.2, -0.15) is 0 Å². The maximum absolute atomic E-state index is 4.13. The van der Waals surface area contributed by atoms with Crippen molar-refractivity contribution >= 4 is 51.5 Å². The van der Waals surface area contributed by atoms with E-state index in [1.54, 1.807) is 10.9 Å². The van der Waals surface area contributed by atoms with E-state index >= 15 is 0 Å². The average Bonchev–Trinajstić information content (AvgIpc) is 3.54. The van der Waals surface area contributed by atoms with Gasteiger partial charge in [0.2, 0.25) is 0 Å². The van der Waals surface area contributed by atoms with Crippen molar-refractivity contribution in [3.8, 4) is 0 Å². The first-order chi connectivity index (χ1) is 23.9. The lowest BCUT2D eigenvalue weighted by Gasteiger charge is -2.40. The van der Waals surface area contributed by atoms with E-state index in [0.717, 1.165) is 6.42 Å². The Morgan fingerprint density at radius 3 is 1.74 bits per heavy atom. The molecule has 2 aromatic carbocycles. The minimum Gasteiger partial charge on any atom is -0.302 e.